The zero-order chi connectivity index (χ0) is 14.1. The number of halogens is 1. The second kappa shape index (κ2) is 5.52. The molecule has 0 aliphatic carbocycles. The van der Waals surface area contributed by atoms with Crippen LogP contribution in [0.3, 0.4) is 0 Å². The predicted molar refractivity (Wildman–Crippen MR) is 76.2 cm³/mol. The average Bonchev–Trinajstić information content (AvgIpc) is 3.07. The summed E-state index contributed by atoms with van der Waals surface area (Å²) in [6.07, 6.45) is 4.42. The normalized spacial score (nSPS) is 26.2. The first-order valence-corrected chi connectivity index (χ1v) is 7.47. The van der Waals surface area contributed by atoms with Crippen LogP contribution in [-0.4, -0.2) is 36.0 Å². The molecule has 2 atom stereocenters. The molecule has 4 heteroatoms. The molecule has 2 unspecified atom stereocenters. The Kier molecular flexibility index (Phi) is 3.74. The van der Waals surface area contributed by atoms with Gasteiger partial charge in [0.15, 0.2) is 0 Å². The lowest BCUT2D eigenvalue weighted by molar-refractivity contribution is 0.0710. The fraction of sp³-hybridized carbons (Fsp3) is 0.562. The number of carbonyl (C=O) groups excluding carboxylic acids is 1. The maximum absolute atomic E-state index is 13.5. The average molecular weight is 276 g/mol. The summed E-state index contributed by atoms with van der Waals surface area (Å²) in [5.74, 6) is -0.355. The number of carbonyl (C=O) groups is 1. The van der Waals surface area contributed by atoms with Gasteiger partial charge in [-0.3, -0.25) is 4.79 Å². The molecule has 0 aromatic heterocycles. The van der Waals surface area contributed by atoms with E-state index in [0.717, 1.165) is 37.9 Å². The number of hydrogen-bond donors (Lipinski definition) is 1. The molecule has 1 amide bonds. The SMILES string of the molecule is Cc1cc(F)cc(C(=O)N2CCCC2C2CCCN2)c1. The van der Waals surface area contributed by atoms with Crippen molar-refractivity contribution in [2.45, 2.75) is 44.7 Å². The lowest BCUT2D eigenvalue weighted by Crippen LogP contribution is -2.46. The summed E-state index contributed by atoms with van der Waals surface area (Å²) in [5.41, 5.74) is 1.27. The first-order valence-electron chi connectivity index (χ1n) is 7.47. The molecule has 2 fully saturated rings. The number of likely N-dealkylation sites (tertiary alicyclic amines) is 1. The summed E-state index contributed by atoms with van der Waals surface area (Å²) in [5, 5.41) is 3.49. The zero-order valence-electron chi connectivity index (χ0n) is 11.9. The van der Waals surface area contributed by atoms with Crippen molar-refractivity contribution < 1.29 is 9.18 Å². The molecule has 3 nitrogen and oxygen atoms in total. The van der Waals surface area contributed by atoms with Crippen LogP contribution in [0, 0.1) is 12.7 Å². The van der Waals surface area contributed by atoms with E-state index in [-0.39, 0.29) is 17.8 Å². The summed E-state index contributed by atoms with van der Waals surface area (Å²) in [6, 6.07) is 5.27. The maximum Gasteiger partial charge on any atom is 0.254 e. The number of benzene rings is 1. The molecular formula is C16H21FN2O. The molecule has 0 spiro atoms. The molecule has 2 aliphatic heterocycles. The van der Waals surface area contributed by atoms with Crippen LogP contribution in [0.4, 0.5) is 4.39 Å². The van der Waals surface area contributed by atoms with Crippen LogP contribution in [0.15, 0.2) is 18.2 Å². The van der Waals surface area contributed by atoms with E-state index in [2.05, 4.69) is 5.32 Å². The van der Waals surface area contributed by atoms with E-state index in [0.29, 0.717) is 11.6 Å². The molecule has 2 heterocycles. The van der Waals surface area contributed by atoms with Gasteiger partial charge in [-0.1, -0.05) is 0 Å². The Morgan fingerprint density at radius 1 is 1.30 bits per heavy atom. The van der Waals surface area contributed by atoms with Crippen molar-refractivity contribution in [3.63, 3.8) is 0 Å². The highest BCUT2D eigenvalue weighted by atomic mass is 19.1. The molecule has 108 valence electrons. The van der Waals surface area contributed by atoms with Gasteiger partial charge in [0.25, 0.3) is 5.91 Å². The van der Waals surface area contributed by atoms with E-state index in [1.807, 2.05) is 11.8 Å². The van der Waals surface area contributed by atoms with Crippen LogP contribution < -0.4 is 5.32 Å². The van der Waals surface area contributed by atoms with Gasteiger partial charge in [0.2, 0.25) is 0 Å². The number of rotatable bonds is 2. The fourth-order valence-electron chi connectivity index (χ4n) is 3.53. The van der Waals surface area contributed by atoms with Crippen molar-refractivity contribution in [3.05, 3.63) is 35.1 Å². The van der Waals surface area contributed by atoms with Gasteiger partial charge >= 0.3 is 0 Å². The van der Waals surface area contributed by atoms with E-state index < -0.39 is 0 Å². The van der Waals surface area contributed by atoms with Crippen LogP contribution in [0.25, 0.3) is 0 Å². The molecule has 1 aromatic rings. The number of nitrogens with zero attached hydrogens (tertiary/aromatic N) is 1. The summed E-state index contributed by atoms with van der Waals surface area (Å²) in [4.78, 5) is 14.6. The Morgan fingerprint density at radius 3 is 2.85 bits per heavy atom. The highest BCUT2D eigenvalue weighted by molar-refractivity contribution is 5.94. The summed E-state index contributed by atoms with van der Waals surface area (Å²) < 4.78 is 13.5. The molecule has 2 saturated heterocycles. The second-order valence-corrected chi connectivity index (χ2v) is 5.93. The van der Waals surface area contributed by atoms with Crippen LogP contribution >= 0.6 is 0 Å². The quantitative estimate of drug-likeness (QED) is 0.900. The van der Waals surface area contributed by atoms with Gasteiger partial charge in [0, 0.05) is 24.2 Å². The van der Waals surface area contributed by atoms with Crippen LogP contribution in [-0.2, 0) is 0 Å². The molecule has 1 aromatic carbocycles. The fourth-order valence-corrected chi connectivity index (χ4v) is 3.53. The van der Waals surface area contributed by atoms with Crippen molar-refractivity contribution in [2.75, 3.05) is 13.1 Å². The summed E-state index contributed by atoms with van der Waals surface area (Å²) >= 11 is 0. The van der Waals surface area contributed by atoms with Crippen LogP contribution in [0.1, 0.15) is 41.6 Å². The first-order chi connectivity index (χ1) is 9.65. The van der Waals surface area contributed by atoms with E-state index in [1.54, 1.807) is 6.07 Å². The van der Waals surface area contributed by atoms with E-state index >= 15 is 0 Å². The van der Waals surface area contributed by atoms with Gasteiger partial charge in [-0.15, -0.1) is 0 Å². The number of hydrogen-bond acceptors (Lipinski definition) is 2. The molecule has 20 heavy (non-hydrogen) atoms. The monoisotopic (exact) mass is 276 g/mol. The standard InChI is InChI=1S/C16H21FN2O/c1-11-8-12(10-13(17)9-11)16(20)19-7-3-5-15(19)14-4-2-6-18-14/h8-10,14-15,18H,2-7H2,1H3. The Hall–Kier alpha value is -1.42. The minimum atomic E-state index is -0.330. The molecule has 0 bridgehead atoms. The van der Waals surface area contributed by atoms with Crippen LogP contribution in [0.5, 0.6) is 0 Å². The molecule has 2 aliphatic rings. The predicted octanol–water partition coefficient (Wildman–Crippen LogP) is 2.49. The molecule has 3 rings (SSSR count). The van der Waals surface area contributed by atoms with Crippen molar-refractivity contribution in [1.29, 1.82) is 0 Å². The van der Waals surface area contributed by atoms with Gasteiger partial charge in [-0.05, 0) is 62.9 Å². The highest BCUT2D eigenvalue weighted by Crippen LogP contribution is 2.26. The van der Waals surface area contributed by atoms with Crippen molar-refractivity contribution in [3.8, 4) is 0 Å². The van der Waals surface area contributed by atoms with Crippen molar-refractivity contribution in [1.82, 2.24) is 10.2 Å². The Morgan fingerprint density at radius 2 is 2.15 bits per heavy atom. The van der Waals surface area contributed by atoms with Crippen molar-refractivity contribution >= 4 is 5.91 Å². The van der Waals surface area contributed by atoms with Gasteiger partial charge in [-0.2, -0.15) is 0 Å². The summed E-state index contributed by atoms with van der Waals surface area (Å²) in [7, 11) is 0. The molecule has 1 N–H and O–H groups in total. The largest absolute Gasteiger partial charge is 0.334 e. The zero-order valence-corrected chi connectivity index (χ0v) is 11.9. The Labute approximate surface area is 119 Å². The minimum absolute atomic E-state index is 0.0243. The highest BCUT2D eigenvalue weighted by Gasteiger charge is 2.36. The third kappa shape index (κ3) is 2.57. The van der Waals surface area contributed by atoms with E-state index in [9.17, 15) is 9.18 Å². The molecule has 0 radical (unpaired) electrons. The topological polar surface area (TPSA) is 32.3 Å². The van der Waals surface area contributed by atoms with Gasteiger partial charge in [-0.25, -0.2) is 4.39 Å². The van der Waals surface area contributed by atoms with E-state index in [4.69, 9.17) is 0 Å². The molecular weight excluding hydrogens is 255 g/mol. The molecule has 0 saturated carbocycles. The lowest BCUT2D eigenvalue weighted by atomic mass is 10.0. The smallest absolute Gasteiger partial charge is 0.254 e. The van der Waals surface area contributed by atoms with Gasteiger partial charge in [0.1, 0.15) is 5.82 Å². The third-order valence-electron chi connectivity index (χ3n) is 4.41. The third-order valence-corrected chi connectivity index (χ3v) is 4.41. The van der Waals surface area contributed by atoms with Crippen LogP contribution in [0.2, 0.25) is 0 Å². The summed E-state index contributed by atoms with van der Waals surface area (Å²) in [6.45, 7) is 3.65. The number of aryl methyl sites for hydroxylation is 1. The number of nitrogens with one attached hydrogen (secondary N) is 1. The van der Waals surface area contributed by atoms with Crippen molar-refractivity contribution in [2.24, 2.45) is 0 Å². The number of amides is 1. The van der Waals surface area contributed by atoms with Gasteiger partial charge < -0.3 is 10.2 Å². The Balaban J connectivity index is 1.81. The second-order valence-electron chi connectivity index (χ2n) is 5.93. The van der Waals surface area contributed by atoms with Gasteiger partial charge in [0.05, 0.1) is 0 Å². The maximum atomic E-state index is 13.5. The lowest BCUT2D eigenvalue weighted by Gasteiger charge is -2.29. The Bertz CT molecular complexity index is 491. The first kappa shape index (κ1) is 13.6. The minimum Gasteiger partial charge on any atom is -0.334 e. The van der Waals surface area contributed by atoms with E-state index in [1.165, 1.54) is 18.6 Å².